The van der Waals surface area contributed by atoms with Crippen molar-refractivity contribution in [3.8, 4) is 0 Å². The quantitative estimate of drug-likeness (QED) is 0.0885. The number of rotatable bonds is 20. The molecule has 0 aromatic carbocycles. The summed E-state index contributed by atoms with van der Waals surface area (Å²) in [6, 6.07) is 0. The van der Waals surface area contributed by atoms with Crippen molar-refractivity contribution in [2.45, 2.75) is 120 Å². The zero-order valence-corrected chi connectivity index (χ0v) is 39.2. The first kappa shape index (κ1) is 51.5. The molecule has 0 fully saturated rings. The molecule has 0 aromatic rings. The van der Waals surface area contributed by atoms with Gasteiger partial charge in [-0.25, -0.2) is 0 Å². The van der Waals surface area contributed by atoms with Crippen LogP contribution < -0.4 is 0 Å². The summed E-state index contributed by atoms with van der Waals surface area (Å²) in [6.07, 6.45) is 30.0. The minimum absolute atomic E-state index is 0.113. The number of esters is 2. The normalized spacial score (nSPS) is 21.1. The Labute approximate surface area is 362 Å². The third-order valence-corrected chi connectivity index (χ3v) is 10.8. The third kappa shape index (κ3) is 17.9. The van der Waals surface area contributed by atoms with Gasteiger partial charge in [0.05, 0.1) is 0 Å². The standard InChI is InChI=1S/C52H74N2O6/c1-37(23-17-25-39(3)29-31-43-41(5)49(57)45(35-51(43,7)8)59-47(55)27-19-33-53(11)12)21-15-16-22-38(2)24-18-26-40(4)30-32-44-42(6)50(58)46(36-52(44,9)10)60-48(56)28-20-34-54(13)14/h15-18,21-26,29-32,45-46H,19-20,27-28,33-36H2,1-14H3. The van der Waals surface area contributed by atoms with Crippen LogP contribution in [0.25, 0.3) is 0 Å². The lowest BCUT2D eigenvalue weighted by atomic mass is 9.71. The molecule has 0 heterocycles. The van der Waals surface area contributed by atoms with E-state index in [0.717, 1.165) is 46.5 Å². The summed E-state index contributed by atoms with van der Waals surface area (Å²) >= 11 is 0. The second-order valence-electron chi connectivity index (χ2n) is 18.2. The van der Waals surface area contributed by atoms with Crippen LogP contribution in [0.5, 0.6) is 0 Å². The second-order valence-corrected chi connectivity index (χ2v) is 18.2. The molecule has 0 bridgehead atoms. The molecule has 0 radical (unpaired) electrons. The maximum Gasteiger partial charge on any atom is 0.306 e. The molecule has 328 valence electrons. The van der Waals surface area contributed by atoms with Gasteiger partial charge in [0.15, 0.2) is 23.8 Å². The highest BCUT2D eigenvalue weighted by Crippen LogP contribution is 2.42. The van der Waals surface area contributed by atoms with Crippen molar-refractivity contribution in [1.29, 1.82) is 0 Å². The molecule has 0 amide bonds. The Morgan fingerprint density at radius 1 is 0.567 bits per heavy atom. The van der Waals surface area contributed by atoms with Crippen molar-refractivity contribution in [2.75, 3.05) is 41.3 Å². The van der Waals surface area contributed by atoms with Gasteiger partial charge in [0.25, 0.3) is 0 Å². The monoisotopic (exact) mass is 823 g/mol. The van der Waals surface area contributed by atoms with Crippen molar-refractivity contribution < 1.29 is 28.7 Å². The molecule has 2 atom stereocenters. The van der Waals surface area contributed by atoms with E-state index in [2.05, 4.69) is 65.8 Å². The van der Waals surface area contributed by atoms with Crippen LogP contribution in [0.4, 0.5) is 0 Å². The van der Waals surface area contributed by atoms with E-state index in [0.29, 0.717) is 49.7 Å². The molecule has 2 aliphatic rings. The van der Waals surface area contributed by atoms with Crippen molar-refractivity contribution >= 4 is 23.5 Å². The smallest absolute Gasteiger partial charge is 0.306 e. The molecular formula is C52H74N2O6. The zero-order chi connectivity index (χ0) is 45.2. The zero-order valence-electron chi connectivity index (χ0n) is 39.2. The number of ketones is 2. The first-order valence-electron chi connectivity index (χ1n) is 21.3. The number of carbonyl (C=O) groups excluding carboxylic acids is 4. The van der Waals surface area contributed by atoms with Crippen molar-refractivity contribution in [2.24, 2.45) is 10.8 Å². The summed E-state index contributed by atoms with van der Waals surface area (Å²) in [6.45, 7) is 21.8. The SMILES string of the molecule is CC(C=CC=C(C)C=CC1=C(C)C(=O)C(OC(=O)CCCN(C)C)CC1(C)C)=CC=CC=C(C)C=CC=C(C)C=CC1=C(C)C(=O)C(OC(=O)CCCN(C)C)CC1(C)C. The van der Waals surface area contributed by atoms with Gasteiger partial charge in [-0.3, -0.25) is 19.2 Å². The van der Waals surface area contributed by atoms with Crippen LogP contribution in [0.3, 0.4) is 0 Å². The summed E-state index contributed by atoms with van der Waals surface area (Å²) < 4.78 is 11.3. The van der Waals surface area contributed by atoms with Gasteiger partial charge in [-0.05, 0) is 129 Å². The highest BCUT2D eigenvalue weighted by atomic mass is 16.6. The van der Waals surface area contributed by atoms with E-state index in [-0.39, 0.29) is 34.3 Å². The number of hydrogen-bond donors (Lipinski definition) is 0. The lowest BCUT2D eigenvalue weighted by Crippen LogP contribution is -2.39. The molecule has 60 heavy (non-hydrogen) atoms. The average molecular weight is 823 g/mol. The van der Waals surface area contributed by atoms with Crippen LogP contribution in [-0.4, -0.2) is 86.8 Å². The largest absolute Gasteiger partial charge is 0.454 e. The lowest BCUT2D eigenvalue weighted by Gasteiger charge is -2.36. The predicted octanol–water partition coefficient (Wildman–Crippen LogP) is 10.7. The Bertz CT molecular complexity index is 1760. The first-order chi connectivity index (χ1) is 28.0. The highest BCUT2D eigenvalue weighted by molar-refractivity contribution is 6.02. The number of nitrogens with zero attached hydrogens (tertiary/aromatic N) is 2. The average Bonchev–Trinajstić information content (AvgIpc) is 3.13. The summed E-state index contributed by atoms with van der Waals surface area (Å²) in [5.41, 5.74) is 6.93. The van der Waals surface area contributed by atoms with Gasteiger partial charge in [-0.2, -0.15) is 0 Å². The molecule has 8 heteroatoms. The summed E-state index contributed by atoms with van der Waals surface area (Å²) in [7, 11) is 7.86. The van der Waals surface area contributed by atoms with E-state index in [1.54, 1.807) is 0 Å². The molecule has 0 saturated heterocycles. The van der Waals surface area contributed by atoms with Gasteiger partial charge < -0.3 is 19.3 Å². The first-order valence-corrected chi connectivity index (χ1v) is 21.3. The number of allylic oxidation sites excluding steroid dienone is 20. The summed E-state index contributed by atoms with van der Waals surface area (Å²) in [5, 5.41) is 0. The van der Waals surface area contributed by atoms with Gasteiger partial charge >= 0.3 is 11.9 Å². The fraction of sp³-hybridized carbons (Fsp3) is 0.500. The van der Waals surface area contributed by atoms with Gasteiger partial charge in [0.2, 0.25) is 0 Å². The number of ether oxygens (including phenoxy) is 2. The van der Waals surface area contributed by atoms with E-state index in [1.807, 2.05) is 126 Å². The summed E-state index contributed by atoms with van der Waals surface area (Å²) in [4.78, 5) is 55.2. The molecule has 0 saturated carbocycles. The third-order valence-electron chi connectivity index (χ3n) is 10.8. The number of hydrogen-bond acceptors (Lipinski definition) is 8. The fourth-order valence-electron chi connectivity index (χ4n) is 7.27. The second kappa shape index (κ2) is 24.6. The molecule has 2 aliphatic carbocycles. The molecule has 0 aromatic heterocycles. The molecule has 2 unspecified atom stereocenters. The molecular weight excluding hydrogens is 749 g/mol. The molecule has 2 rings (SSSR count). The Hall–Kier alpha value is -4.66. The molecule has 0 N–H and O–H groups in total. The molecule has 0 aliphatic heterocycles. The number of Topliss-reactive ketones (excluding diaryl/α,β-unsaturated/α-hetero) is 2. The van der Waals surface area contributed by atoms with E-state index < -0.39 is 12.2 Å². The van der Waals surface area contributed by atoms with Crippen molar-refractivity contribution in [1.82, 2.24) is 9.80 Å². The van der Waals surface area contributed by atoms with Gasteiger partial charge in [0, 0.05) is 25.7 Å². The Morgan fingerprint density at radius 3 is 1.22 bits per heavy atom. The van der Waals surface area contributed by atoms with Crippen LogP contribution in [0, 0.1) is 10.8 Å². The van der Waals surface area contributed by atoms with E-state index in [1.165, 1.54) is 0 Å². The van der Waals surface area contributed by atoms with Gasteiger partial charge in [-0.15, -0.1) is 0 Å². The Morgan fingerprint density at radius 2 is 0.883 bits per heavy atom. The maximum absolute atomic E-state index is 13.2. The Balaban J connectivity index is 1.95. The van der Waals surface area contributed by atoms with Crippen LogP contribution in [0.15, 0.2) is 130 Å². The van der Waals surface area contributed by atoms with Gasteiger partial charge in [-0.1, -0.05) is 135 Å². The van der Waals surface area contributed by atoms with E-state index >= 15 is 0 Å². The van der Waals surface area contributed by atoms with Crippen LogP contribution in [0.1, 0.15) is 108 Å². The van der Waals surface area contributed by atoms with Crippen molar-refractivity contribution in [3.05, 3.63) is 130 Å². The van der Waals surface area contributed by atoms with E-state index in [4.69, 9.17) is 9.47 Å². The highest BCUT2D eigenvalue weighted by Gasteiger charge is 2.41. The minimum Gasteiger partial charge on any atom is -0.454 e. The topological polar surface area (TPSA) is 93.2 Å². The van der Waals surface area contributed by atoms with Crippen LogP contribution >= 0.6 is 0 Å². The van der Waals surface area contributed by atoms with Crippen molar-refractivity contribution in [3.63, 3.8) is 0 Å². The lowest BCUT2D eigenvalue weighted by molar-refractivity contribution is -0.156. The van der Waals surface area contributed by atoms with Crippen LogP contribution in [0.2, 0.25) is 0 Å². The summed E-state index contributed by atoms with van der Waals surface area (Å²) in [5.74, 6) is -0.854. The Kier molecular flexibility index (Phi) is 21.1. The van der Waals surface area contributed by atoms with E-state index in [9.17, 15) is 19.2 Å². The fourth-order valence-corrected chi connectivity index (χ4v) is 7.27. The molecule has 0 spiro atoms. The maximum atomic E-state index is 13.2. The minimum atomic E-state index is -0.735. The number of carbonyl (C=O) groups is 4. The predicted molar refractivity (Wildman–Crippen MR) is 248 cm³/mol. The van der Waals surface area contributed by atoms with Crippen LogP contribution in [-0.2, 0) is 28.7 Å². The van der Waals surface area contributed by atoms with Gasteiger partial charge in [0.1, 0.15) is 0 Å². The molecule has 8 nitrogen and oxygen atoms in total.